The Bertz CT molecular complexity index is 955. The zero-order valence-corrected chi connectivity index (χ0v) is 14.1. The molecule has 1 aliphatic rings. The van der Waals surface area contributed by atoms with Crippen molar-refractivity contribution < 1.29 is 9.52 Å². The normalized spacial score (nSPS) is 15.6. The number of hydrogen-bond donors (Lipinski definition) is 1. The van der Waals surface area contributed by atoms with Crippen molar-refractivity contribution in [2.75, 3.05) is 38.1 Å². The van der Waals surface area contributed by atoms with Crippen molar-refractivity contribution in [3.05, 3.63) is 59.0 Å². The molecular formula is C20H20N2O3. The summed E-state index contributed by atoms with van der Waals surface area (Å²) in [7, 11) is 2.14. The number of aromatic hydroxyl groups is 1. The van der Waals surface area contributed by atoms with Crippen LogP contribution in [0.2, 0.25) is 0 Å². The average molecular weight is 336 g/mol. The molecule has 1 aromatic heterocycles. The molecule has 5 nitrogen and oxygen atoms in total. The number of hydrogen-bond acceptors (Lipinski definition) is 5. The van der Waals surface area contributed by atoms with Crippen molar-refractivity contribution in [3.8, 4) is 16.9 Å². The van der Waals surface area contributed by atoms with Crippen LogP contribution in [0, 0.1) is 0 Å². The van der Waals surface area contributed by atoms with E-state index in [4.69, 9.17) is 4.42 Å². The lowest BCUT2D eigenvalue weighted by atomic mass is 10.0. The Kier molecular flexibility index (Phi) is 3.93. The van der Waals surface area contributed by atoms with Crippen molar-refractivity contribution >= 4 is 16.7 Å². The van der Waals surface area contributed by atoms with Crippen molar-refractivity contribution in [1.82, 2.24) is 4.90 Å². The van der Waals surface area contributed by atoms with Gasteiger partial charge in [0.2, 0.25) is 0 Å². The zero-order valence-electron chi connectivity index (χ0n) is 14.1. The van der Waals surface area contributed by atoms with Crippen LogP contribution in [-0.2, 0) is 0 Å². The minimum atomic E-state index is -0.0893. The Balaban J connectivity index is 1.66. The van der Waals surface area contributed by atoms with Crippen LogP contribution in [0.3, 0.4) is 0 Å². The highest BCUT2D eigenvalue weighted by Crippen LogP contribution is 2.25. The standard InChI is InChI=1S/C20H20N2O3/c1-21-8-10-22(11-9-21)15-4-2-14(3-5-15)18-13-25-19-12-16(23)6-7-17(19)20(18)24/h2-7,12-13,23H,8-11H2,1H3. The number of benzene rings is 2. The van der Waals surface area contributed by atoms with E-state index < -0.39 is 0 Å². The van der Waals surface area contributed by atoms with Crippen LogP contribution in [0.25, 0.3) is 22.1 Å². The molecule has 0 spiro atoms. The second-order valence-electron chi connectivity index (χ2n) is 6.50. The van der Waals surface area contributed by atoms with Crippen LogP contribution in [0.4, 0.5) is 5.69 Å². The molecule has 3 aromatic rings. The molecule has 128 valence electrons. The van der Waals surface area contributed by atoms with Gasteiger partial charge >= 0.3 is 0 Å². The van der Waals surface area contributed by atoms with E-state index in [0.717, 1.165) is 31.7 Å². The number of nitrogens with zero attached hydrogens (tertiary/aromatic N) is 2. The van der Waals surface area contributed by atoms with Gasteiger partial charge in [0.25, 0.3) is 0 Å². The molecule has 0 bridgehead atoms. The molecule has 1 saturated heterocycles. The largest absolute Gasteiger partial charge is 0.508 e. The van der Waals surface area contributed by atoms with Crippen molar-refractivity contribution in [3.63, 3.8) is 0 Å². The third-order valence-electron chi connectivity index (χ3n) is 4.80. The predicted molar refractivity (Wildman–Crippen MR) is 99.3 cm³/mol. The molecule has 0 aliphatic carbocycles. The highest BCUT2D eigenvalue weighted by Gasteiger charge is 2.15. The number of phenols is 1. The number of fused-ring (bicyclic) bond motifs is 1. The number of likely N-dealkylation sites (N-methyl/N-ethyl adjacent to an activating group) is 1. The van der Waals surface area contributed by atoms with Crippen LogP contribution >= 0.6 is 0 Å². The van der Waals surface area contributed by atoms with Gasteiger partial charge in [-0.25, -0.2) is 0 Å². The SMILES string of the molecule is CN1CCN(c2ccc(-c3coc4cc(O)ccc4c3=O)cc2)CC1. The summed E-state index contributed by atoms with van der Waals surface area (Å²) in [5.74, 6) is 0.0833. The summed E-state index contributed by atoms with van der Waals surface area (Å²) in [6, 6.07) is 12.6. The van der Waals surface area contributed by atoms with Crippen LogP contribution in [0.5, 0.6) is 5.75 Å². The molecule has 5 heteroatoms. The Morgan fingerprint density at radius 1 is 1.00 bits per heavy atom. The minimum Gasteiger partial charge on any atom is -0.508 e. The molecule has 0 unspecified atom stereocenters. The topological polar surface area (TPSA) is 56.9 Å². The summed E-state index contributed by atoms with van der Waals surface area (Å²) in [5.41, 5.74) is 2.84. The maximum atomic E-state index is 12.7. The smallest absolute Gasteiger partial charge is 0.200 e. The molecule has 2 heterocycles. The zero-order chi connectivity index (χ0) is 17.4. The van der Waals surface area contributed by atoms with Gasteiger partial charge in [-0.15, -0.1) is 0 Å². The molecule has 1 aliphatic heterocycles. The molecule has 1 fully saturated rings. The van der Waals surface area contributed by atoms with Gasteiger partial charge in [0.15, 0.2) is 5.43 Å². The van der Waals surface area contributed by atoms with E-state index >= 15 is 0 Å². The Hall–Kier alpha value is -2.79. The fourth-order valence-corrected chi connectivity index (χ4v) is 3.23. The van der Waals surface area contributed by atoms with Crippen LogP contribution in [0.15, 0.2) is 57.9 Å². The summed E-state index contributed by atoms with van der Waals surface area (Å²) in [4.78, 5) is 17.4. The summed E-state index contributed by atoms with van der Waals surface area (Å²) in [5, 5.41) is 9.98. The molecule has 25 heavy (non-hydrogen) atoms. The molecule has 0 amide bonds. The van der Waals surface area contributed by atoms with E-state index in [1.165, 1.54) is 24.1 Å². The molecule has 1 N–H and O–H groups in total. The fourth-order valence-electron chi connectivity index (χ4n) is 3.23. The summed E-state index contributed by atoms with van der Waals surface area (Å²) in [6.45, 7) is 4.14. The van der Waals surface area contributed by atoms with Crippen LogP contribution in [0.1, 0.15) is 0 Å². The van der Waals surface area contributed by atoms with E-state index in [1.807, 2.05) is 12.1 Å². The molecule has 0 radical (unpaired) electrons. The van der Waals surface area contributed by atoms with Crippen molar-refractivity contribution in [2.24, 2.45) is 0 Å². The molecule has 0 saturated carbocycles. The molecule has 0 atom stereocenters. The Morgan fingerprint density at radius 3 is 2.44 bits per heavy atom. The number of rotatable bonds is 2. The van der Waals surface area contributed by atoms with Gasteiger partial charge < -0.3 is 19.3 Å². The first kappa shape index (κ1) is 15.7. The monoisotopic (exact) mass is 336 g/mol. The van der Waals surface area contributed by atoms with E-state index in [0.29, 0.717) is 16.5 Å². The maximum Gasteiger partial charge on any atom is 0.200 e. The first-order chi connectivity index (χ1) is 12.1. The third-order valence-corrected chi connectivity index (χ3v) is 4.80. The predicted octanol–water partition coefficient (Wildman–Crippen LogP) is 2.92. The van der Waals surface area contributed by atoms with E-state index in [2.05, 4.69) is 29.0 Å². The van der Waals surface area contributed by atoms with Crippen molar-refractivity contribution in [2.45, 2.75) is 0 Å². The quantitative estimate of drug-likeness (QED) is 0.780. The lowest BCUT2D eigenvalue weighted by Gasteiger charge is -2.34. The lowest BCUT2D eigenvalue weighted by Crippen LogP contribution is -2.44. The van der Waals surface area contributed by atoms with Gasteiger partial charge in [-0.1, -0.05) is 12.1 Å². The van der Waals surface area contributed by atoms with E-state index in [1.54, 1.807) is 6.07 Å². The molecular weight excluding hydrogens is 316 g/mol. The van der Waals surface area contributed by atoms with Crippen LogP contribution < -0.4 is 10.3 Å². The van der Waals surface area contributed by atoms with Gasteiger partial charge in [-0.3, -0.25) is 4.79 Å². The van der Waals surface area contributed by atoms with Gasteiger partial charge in [0.05, 0.1) is 10.9 Å². The third kappa shape index (κ3) is 2.98. The second kappa shape index (κ2) is 6.26. The van der Waals surface area contributed by atoms with Crippen molar-refractivity contribution in [1.29, 1.82) is 0 Å². The first-order valence-corrected chi connectivity index (χ1v) is 8.40. The van der Waals surface area contributed by atoms with E-state index in [-0.39, 0.29) is 11.2 Å². The van der Waals surface area contributed by atoms with Crippen LogP contribution in [-0.4, -0.2) is 43.2 Å². The fraction of sp³-hybridized carbons (Fsp3) is 0.250. The van der Waals surface area contributed by atoms with E-state index in [9.17, 15) is 9.90 Å². The minimum absolute atomic E-state index is 0.0833. The Morgan fingerprint density at radius 2 is 1.72 bits per heavy atom. The summed E-state index contributed by atoms with van der Waals surface area (Å²) in [6.07, 6.45) is 1.47. The number of phenolic OH excluding ortho intramolecular Hbond substituents is 1. The van der Waals surface area contributed by atoms with Gasteiger partial charge in [0.1, 0.15) is 17.6 Å². The van der Waals surface area contributed by atoms with Gasteiger partial charge in [-0.2, -0.15) is 0 Å². The molecule has 2 aromatic carbocycles. The number of piperazine rings is 1. The lowest BCUT2D eigenvalue weighted by molar-refractivity contribution is 0.313. The average Bonchev–Trinajstić information content (AvgIpc) is 2.63. The maximum absolute atomic E-state index is 12.7. The summed E-state index contributed by atoms with van der Waals surface area (Å²) >= 11 is 0. The highest BCUT2D eigenvalue weighted by molar-refractivity contribution is 5.82. The van der Waals surface area contributed by atoms with Gasteiger partial charge in [0, 0.05) is 37.9 Å². The Labute approximate surface area is 145 Å². The highest BCUT2D eigenvalue weighted by atomic mass is 16.3. The second-order valence-corrected chi connectivity index (χ2v) is 6.50. The summed E-state index contributed by atoms with van der Waals surface area (Å²) < 4.78 is 5.54. The first-order valence-electron chi connectivity index (χ1n) is 8.40. The number of anilines is 1. The van der Waals surface area contributed by atoms with Gasteiger partial charge in [-0.05, 0) is 36.9 Å². The molecule has 4 rings (SSSR count).